The van der Waals surface area contributed by atoms with Gasteiger partial charge >= 0.3 is 0 Å². The molecule has 0 saturated carbocycles. The Kier molecular flexibility index (Phi) is 10.2. The Bertz CT molecular complexity index is 1190. The van der Waals surface area contributed by atoms with Crippen molar-refractivity contribution in [2.24, 2.45) is 0 Å². The van der Waals surface area contributed by atoms with E-state index in [9.17, 15) is 20.4 Å². The zero-order chi connectivity index (χ0) is 27.8. The first-order valence-corrected chi connectivity index (χ1v) is 12.9. The van der Waals surface area contributed by atoms with Crippen LogP contribution in [-0.4, -0.2) is 83.0 Å². The normalized spacial score (nSPS) is 23.0. The monoisotopic (exact) mass is 540 g/mol. The minimum atomic E-state index is -1.47. The van der Waals surface area contributed by atoms with Crippen molar-refractivity contribution in [3.63, 3.8) is 0 Å². The first-order chi connectivity index (χ1) is 18.9. The molecule has 0 aliphatic carbocycles. The molecule has 1 aliphatic rings. The van der Waals surface area contributed by atoms with E-state index in [4.69, 9.17) is 18.9 Å². The van der Waals surface area contributed by atoms with Gasteiger partial charge in [-0.05, 0) is 35.2 Å². The Morgan fingerprint density at radius 3 is 2.46 bits per heavy atom. The second-order valence-electron chi connectivity index (χ2n) is 9.31. The average Bonchev–Trinajstić information content (AvgIpc) is 2.97. The van der Waals surface area contributed by atoms with E-state index in [1.165, 1.54) is 5.56 Å². The van der Waals surface area contributed by atoms with Crippen LogP contribution in [-0.2, 0) is 22.6 Å². The smallest absolute Gasteiger partial charge is 0.220 e. The van der Waals surface area contributed by atoms with Crippen LogP contribution < -0.4 is 14.8 Å². The third-order valence-corrected chi connectivity index (χ3v) is 6.74. The summed E-state index contributed by atoms with van der Waals surface area (Å²) >= 11 is 0. The van der Waals surface area contributed by atoms with E-state index in [1.54, 1.807) is 13.2 Å². The Labute approximate surface area is 227 Å². The minimum Gasteiger partial charge on any atom is -0.481 e. The molecule has 5 atom stereocenters. The van der Waals surface area contributed by atoms with Gasteiger partial charge in [0.1, 0.15) is 31.0 Å². The average molecular weight is 541 g/mol. The van der Waals surface area contributed by atoms with Crippen LogP contribution in [0.4, 0.5) is 0 Å². The highest BCUT2D eigenvalue weighted by Crippen LogP contribution is 2.27. The van der Waals surface area contributed by atoms with E-state index in [-0.39, 0.29) is 6.61 Å². The number of nitrogens with zero attached hydrogens (tertiary/aromatic N) is 1. The van der Waals surface area contributed by atoms with Crippen molar-refractivity contribution < 1.29 is 39.4 Å². The Balaban J connectivity index is 1.27. The van der Waals surface area contributed by atoms with Gasteiger partial charge in [-0.3, -0.25) is 0 Å². The fourth-order valence-electron chi connectivity index (χ4n) is 4.44. The zero-order valence-corrected chi connectivity index (χ0v) is 22.1. The van der Waals surface area contributed by atoms with Gasteiger partial charge in [-0.1, -0.05) is 48.5 Å². The van der Waals surface area contributed by atoms with Gasteiger partial charge in [-0.15, -0.1) is 0 Å². The summed E-state index contributed by atoms with van der Waals surface area (Å²) in [6.45, 7) is 2.94. The van der Waals surface area contributed by atoms with Crippen LogP contribution in [0.1, 0.15) is 16.7 Å². The molecule has 1 aliphatic heterocycles. The molecule has 10 heteroatoms. The fourth-order valence-corrected chi connectivity index (χ4v) is 4.44. The minimum absolute atomic E-state index is 0.154. The molecular formula is C29H36N2O8. The van der Waals surface area contributed by atoms with Crippen LogP contribution in [0.15, 0.2) is 60.7 Å². The summed E-state index contributed by atoms with van der Waals surface area (Å²) in [7, 11) is 1.55. The maximum absolute atomic E-state index is 10.0. The van der Waals surface area contributed by atoms with E-state index in [0.717, 1.165) is 22.3 Å². The lowest BCUT2D eigenvalue weighted by Gasteiger charge is -2.39. The molecule has 0 spiro atoms. The molecule has 4 rings (SSSR count). The molecule has 210 valence electrons. The molecular weight excluding hydrogens is 504 g/mol. The molecule has 0 amide bonds. The quantitative estimate of drug-likeness (QED) is 0.215. The number of pyridine rings is 1. The summed E-state index contributed by atoms with van der Waals surface area (Å²) in [6.07, 6.45) is -6.48. The highest BCUT2D eigenvalue weighted by molar-refractivity contribution is 5.68. The molecule has 1 saturated heterocycles. The number of benzene rings is 2. The molecule has 39 heavy (non-hydrogen) atoms. The van der Waals surface area contributed by atoms with Gasteiger partial charge in [-0.25, -0.2) is 0 Å². The number of aromatic nitrogens is 1. The third-order valence-electron chi connectivity index (χ3n) is 6.74. The first-order valence-electron chi connectivity index (χ1n) is 12.9. The zero-order valence-electron chi connectivity index (χ0n) is 22.1. The lowest BCUT2D eigenvalue weighted by Crippen LogP contribution is -2.59. The maximum Gasteiger partial charge on any atom is 0.220 e. The number of hydrogen-bond donors (Lipinski definition) is 5. The van der Waals surface area contributed by atoms with Crippen molar-refractivity contribution in [2.45, 2.75) is 50.8 Å². The molecule has 10 nitrogen and oxygen atoms in total. The van der Waals surface area contributed by atoms with Crippen molar-refractivity contribution in [3.05, 3.63) is 77.4 Å². The summed E-state index contributed by atoms with van der Waals surface area (Å²) in [4.78, 5) is 4.49. The van der Waals surface area contributed by atoms with Gasteiger partial charge in [0.25, 0.3) is 0 Å². The van der Waals surface area contributed by atoms with Gasteiger partial charge in [0.05, 0.1) is 20.3 Å². The molecule has 0 bridgehead atoms. The standard InChI is InChI=1S/C29H36N2O8/c1-18-21(9-6-10-22(18)19-7-4-3-5-8-19)17-38-24-12-11-20(28(31-24)36-2)15-30-13-14-37-29-27(35)26(34)25(33)23(16-32)39-29/h3-12,23,25-27,29-30,32-35H,13-17H2,1-2H3/t23-,25-,26+,27+,29+/m1/s1. The van der Waals surface area contributed by atoms with Crippen LogP contribution >= 0.6 is 0 Å². The Morgan fingerprint density at radius 1 is 0.923 bits per heavy atom. The number of aliphatic hydroxyl groups is 4. The number of methoxy groups -OCH3 is 1. The number of aliphatic hydroxyl groups excluding tert-OH is 4. The van der Waals surface area contributed by atoms with Gasteiger partial charge < -0.3 is 44.7 Å². The summed E-state index contributed by atoms with van der Waals surface area (Å²) < 4.78 is 22.3. The Morgan fingerprint density at radius 2 is 1.72 bits per heavy atom. The SMILES string of the molecule is COc1nc(OCc2cccc(-c3ccccc3)c2C)ccc1CNCCO[C@H]1O[C@H](CO)[C@@H](O)[C@H](O)[C@@H]1O. The highest BCUT2D eigenvalue weighted by atomic mass is 16.7. The highest BCUT2D eigenvalue weighted by Gasteiger charge is 2.43. The second-order valence-corrected chi connectivity index (χ2v) is 9.31. The molecule has 0 radical (unpaired) electrons. The molecule has 5 N–H and O–H groups in total. The maximum atomic E-state index is 10.0. The third kappa shape index (κ3) is 7.11. The van der Waals surface area contributed by atoms with Crippen molar-refractivity contribution in [1.29, 1.82) is 0 Å². The van der Waals surface area contributed by atoms with Crippen LogP contribution in [0.25, 0.3) is 11.1 Å². The fraction of sp³-hybridized carbons (Fsp3) is 0.414. The molecule has 1 aromatic heterocycles. The topological polar surface area (TPSA) is 143 Å². The van der Waals surface area contributed by atoms with E-state index in [1.807, 2.05) is 36.4 Å². The predicted molar refractivity (Wildman–Crippen MR) is 143 cm³/mol. The number of ether oxygens (including phenoxy) is 4. The van der Waals surface area contributed by atoms with E-state index < -0.39 is 37.3 Å². The first kappa shape index (κ1) is 28.9. The Hall–Kier alpha value is -3.09. The summed E-state index contributed by atoms with van der Waals surface area (Å²) in [5.41, 5.74) is 5.37. The molecule has 0 unspecified atom stereocenters. The predicted octanol–water partition coefficient (Wildman–Crippen LogP) is 1.55. The number of nitrogens with one attached hydrogen (secondary N) is 1. The summed E-state index contributed by atoms with van der Waals surface area (Å²) in [6, 6.07) is 20.1. The van der Waals surface area contributed by atoms with Crippen LogP contribution in [0.5, 0.6) is 11.8 Å². The summed E-state index contributed by atoms with van der Waals surface area (Å²) in [5, 5.41) is 42.2. The van der Waals surface area contributed by atoms with Crippen LogP contribution in [0, 0.1) is 6.92 Å². The van der Waals surface area contributed by atoms with Crippen LogP contribution in [0.2, 0.25) is 0 Å². The largest absolute Gasteiger partial charge is 0.481 e. The molecule has 2 heterocycles. The van der Waals surface area contributed by atoms with Gasteiger partial charge in [0.15, 0.2) is 6.29 Å². The van der Waals surface area contributed by atoms with Crippen LogP contribution in [0.3, 0.4) is 0 Å². The van der Waals surface area contributed by atoms with Crippen molar-refractivity contribution in [2.75, 3.05) is 26.9 Å². The van der Waals surface area contributed by atoms with E-state index in [0.29, 0.717) is 31.5 Å². The van der Waals surface area contributed by atoms with Crippen molar-refractivity contribution in [3.8, 4) is 22.9 Å². The van der Waals surface area contributed by atoms with E-state index >= 15 is 0 Å². The van der Waals surface area contributed by atoms with Gasteiger partial charge in [0.2, 0.25) is 11.8 Å². The second kappa shape index (κ2) is 13.8. The van der Waals surface area contributed by atoms with Crippen molar-refractivity contribution >= 4 is 0 Å². The molecule has 1 fully saturated rings. The lowest BCUT2D eigenvalue weighted by molar-refractivity contribution is -0.300. The van der Waals surface area contributed by atoms with Crippen molar-refractivity contribution in [1.82, 2.24) is 10.3 Å². The number of hydrogen-bond acceptors (Lipinski definition) is 10. The number of rotatable bonds is 12. The van der Waals surface area contributed by atoms with E-state index in [2.05, 4.69) is 35.4 Å². The molecule has 3 aromatic rings. The lowest BCUT2D eigenvalue weighted by atomic mass is 9.97. The summed E-state index contributed by atoms with van der Waals surface area (Å²) in [5.74, 6) is 0.885. The molecule has 2 aromatic carbocycles. The van der Waals surface area contributed by atoms with Gasteiger partial charge in [0, 0.05) is 24.7 Å². The van der Waals surface area contributed by atoms with Gasteiger partial charge in [-0.2, -0.15) is 4.98 Å².